The monoisotopic (exact) mass is 292 g/mol. The summed E-state index contributed by atoms with van der Waals surface area (Å²) in [6, 6.07) is -1.69. The molecule has 0 aromatic heterocycles. The largest absolute Gasteiger partial charge is 0.480 e. The first-order valence-electron chi connectivity index (χ1n) is 5.00. The second-order valence-electron chi connectivity index (χ2n) is 3.52. The van der Waals surface area contributed by atoms with Crippen molar-refractivity contribution in [2.24, 2.45) is 0 Å². The SMILES string of the molecule is CC(=O)N[C@@H](CSC(=O)[C@@H]1CSC(=O)N1)C(=O)O. The number of hydrogen-bond donors (Lipinski definition) is 3. The number of carbonyl (C=O) groups excluding carboxylic acids is 3. The summed E-state index contributed by atoms with van der Waals surface area (Å²) in [4.78, 5) is 44.1. The van der Waals surface area contributed by atoms with E-state index in [-0.39, 0.29) is 16.1 Å². The molecule has 0 unspecified atom stereocenters. The first-order valence-corrected chi connectivity index (χ1v) is 6.97. The maximum Gasteiger partial charge on any atom is 0.327 e. The fourth-order valence-corrected chi connectivity index (χ4v) is 2.98. The van der Waals surface area contributed by atoms with E-state index in [0.29, 0.717) is 5.75 Å². The predicted octanol–water partition coefficient (Wildman–Crippen LogP) is -0.340. The van der Waals surface area contributed by atoms with Gasteiger partial charge in [-0.15, -0.1) is 0 Å². The van der Waals surface area contributed by atoms with Crippen molar-refractivity contribution in [3.63, 3.8) is 0 Å². The van der Waals surface area contributed by atoms with Crippen molar-refractivity contribution in [1.29, 1.82) is 0 Å². The van der Waals surface area contributed by atoms with Crippen LogP contribution < -0.4 is 10.6 Å². The summed E-state index contributed by atoms with van der Waals surface area (Å²) in [5.41, 5.74) is 0. The molecule has 9 heteroatoms. The molecule has 1 heterocycles. The van der Waals surface area contributed by atoms with Crippen molar-refractivity contribution < 1.29 is 24.3 Å². The third kappa shape index (κ3) is 4.57. The average molecular weight is 292 g/mol. The van der Waals surface area contributed by atoms with Crippen molar-refractivity contribution in [3.05, 3.63) is 0 Å². The van der Waals surface area contributed by atoms with E-state index in [9.17, 15) is 19.2 Å². The number of nitrogens with one attached hydrogen (secondary N) is 2. The summed E-state index contributed by atoms with van der Waals surface area (Å²) >= 11 is 1.81. The molecular weight excluding hydrogens is 280 g/mol. The Morgan fingerprint density at radius 1 is 1.61 bits per heavy atom. The van der Waals surface area contributed by atoms with Crippen LogP contribution in [-0.2, 0) is 14.4 Å². The van der Waals surface area contributed by atoms with Gasteiger partial charge >= 0.3 is 5.97 Å². The first kappa shape index (κ1) is 14.8. The van der Waals surface area contributed by atoms with Gasteiger partial charge in [-0.1, -0.05) is 23.5 Å². The first-order chi connectivity index (χ1) is 8.40. The second-order valence-corrected chi connectivity index (χ2v) is 5.53. The topological polar surface area (TPSA) is 113 Å². The Kier molecular flexibility index (Phi) is 5.48. The van der Waals surface area contributed by atoms with E-state index in [1.165, 1.54) is 6.92 Å². The van der Waals surface area contributed by atoms with E-state index in [2.05, 4.69) is 10.6 Å². The van der Waals surface area contributed by atoms with Crippen LogP contribution in [0.2, 0.25) is 0 Å². The van der Waals surface area contributed by atoms with Gasteiger partial charge in [-0.2, -0.15) is 0 Å². The van der Waals surface area contributed by atoms with Crippen LogP contribution in [0, 0.1) is 0 Å². The Hall–Kier alpha value is -1.22. The highest BCUT2D eigenvalue weighted by Crippen LogP contribution is 2.18. The molecule has 1 aliphatic rings. The van der Waals surface area contributed by atoms with Gasteiger partial charge in [0.2, 0.25) is 11.0 Å². The van der Waals surface area contributed by atoms with E-state index >= 15 is 0 Å². The predicted molar refractivity (Wildman–Crippen MR) is 67.5 cm³/mol. The van der Waals surface area contributed by atoms with Gasteiger partial charge in [0.25, 0.3) is 5.24 Å². The van der Waals surface area contributed by atoms with Crippen LogP contribution in [-0.4, -0.2) is 50.9 Å². The summed E-state index contributed by atoms with van der Waals surface area (Å²) in [6.45, 7) is 1.20. The number of hydrogen-bond acceptors (Lipinski definition) is 6. The molecule has 1 aliphatic heterocycles. The summed E-state index contributed by atoms with van der Waals surface area (Å²) in [5.74, 6) is -1.39. The molecule has 0 radical (unpaired) electrons. The van der Waals surface area contributed by atoms with Crippen molar-refractivity contribution in [1.82, 2.24) is 10.6 Å². The van der Waals surface area contributed by atoms with E-state index in [0.717, 1.165) is 23.5 Å². The zero-order valence-corrected chi connectivity index (χ0v) is 11.1. The highest BCUT2D eigenvalue weighted by Gasteiger charge is 2.29. The van der Waals surface area contributed by atoms with Gasteiger partial charge in [0, 0.05) is 18.4 Å². The molecule has 0 saturated carbocycles. The fraction of sp³-hybridized carbons (Fsp3) is 0.556. The minimum Gasteiger partial charge on any atom is -0.480 e. The standard InChI is InChI=1S/C9H12N2O5S2/c1-4(12)10-5(7(13)14)2-17-8(15)6-3-18-9(16)11-6/h5-6H,2-3H2,1H3,(H,10,12)(H,11,16)(H,13,14)/t5-,6-/m0/s1. The summed E-state index contributed by atoms with van der Waals surface area (Å²) in [7, 11) is 0. The molecule has 0 spiro atoms. The van der Waals surface area contributed by atoms with Gasteiger partial charge in [0.15, 0.2) is 0 Å². The smallest absolute Gasteiger partial charge is 0.327 e. The Balaban J connectivity index is 2.42. The molecule has 1 rings (SSSR count). The lowest BCUT2D eigenvalue weighted by atomic mass is 10.3. The summed E-state index contributed by atoms with van der Waals surface area (Å²) in [6.07, 6.45) is 0. The number of carbonyl (C=O) groups is 4. The van der Waals surface area contributed by atoms with Crippen molar-refractivity contribution in [2.45, 2.75) is 19.0 Å². The van der Waals surface area contributed by atoms with Crippen LogP contribution in [0.1, 0.15) is 6.92 Å². The minimum atomic E-state index is -1.20. The highest BCUT2D eigenvalue weighted by molar-refractivity contribution is 8.15. The normalized spacial score (nSPS) is 20.1. The number of amides is 2. The van der Waals surface area contributed by atoms with Gasteiger partial charge in [-0.25, -0.2) is 4.79 Å². The zero-order valence-electron chi connectivity index (χ0n) is 9.47. The van der Waals surface area contributed by atoms with Crippen LogP contribution in [0.25, 0.3) is 0 Å². The lowest BCUT2D eigenvalue weighted by Crippen LogP contribution is -2.42. The second kappa shape index (κ2) is 6.64. The molecule has 0 aliphatic carbocycles. The van der Waals surface area contributed by atoms with Crippen LogP contribution in [0.5, 0.6) is 0 Å². The number of rotatable bonds is 5. The zero-order chi connectivity index (χ0) is 13.7. The molecular formula is C9H12N2O5S2. The molecule has 2 amide bonds. The summed E-state index contributed by atoms with van der Waals surface area (Å²) < 4.78 is 0. The van der Waals surface area contributed by atoms with Gasteiger partial charge in [0.1, 0.15) is 12.1 Å². The Bertz CT molecular complexity index is 387. The van der Waals surface area contributed by atoms with E-state index in [1.54, 1.807) is 0 Å². The quantitative estimate of drug-likeness (QED) is 0.635. The average Bonchev–Trinajstić information content (AvgIpc) is 2.69. The molecule has 0 aromatic carbocycles. The van der Waals surface area contributed by atoms with Gasteiger partial charge in [0.05, 0.1) is 0 Å². The minimum absolute atomic E-state index is 0.0647. The van der Waals surface area contributed by atoms with E-state index < -0.39 is 24.0 Å². The summed E-state index contributed by atoms with van der Waals surface area (Å²) in [5, 5.41) is 13.0. The van der Waals surface area contributed by atoms with Gasteiger partial charge in [-0.05, 0) is 0 Å². The number of aliphatic carboxylic acids is 1. The molecule has 18 heavy (non-hydrogen) atoms. The molecule has 0 bridgehead atoms. The van der Waals surface area contributed by atoms with Crippen molar-refractivity contribution >= 4 is 45.8 Å². The van der Waals surface area contributed by atoms with Crippen molar-refractivity contribution in [2.75, 3.05) is 11.5 Å². The molecule has 1 fully saturated rings. The molecule has 0 aromatic rings. The lowest BCUT2D eigenvalue weighted by Gasteiger charge is -2.13. The third-order valence-corrected chi connectivity index (χ3v) is 3.97. The molecule has 3 N–H and O–H groups in total. The number of thioether (sulfide) groups is 2. The molecule has 100 valence electrons. The van der Waals surface area contributed by atoms with E-state index in [4.69, 9.17) is 5.11 Å². The highest BCUT2D eigenvalue weighted by atomic mass is 32.2. The molecule has 2 atom stereocenters. The van der Waals surface area contributed by atoms with Crippen molar-refractivity contribution in [3.8, 4) is 0 Å². The maximum absolute atomic E-state index is 11.6. The number of carboxylic acid groups (broad SMARTS) is 1. The van der Waals surface area contributed by atoms with Gasteiger partial charge < -0.3 is 15.7 Å². The van der Waals surface area contributed by atoms with E-state index in [1.807, 2.05) is 0 Å². The van der Waals surface area contributed by atoms with Crippen LogP contribution in [0.15, 0.2) is 0 Å². The Morgan fingerprint density at radius 2 is 2.28 bits per heavy atom. The third-order valence-electron chi connectivity index (χ3n) is 2.03. The van der Waals surface area contributed by atoms with Crippen LogP contribution in [0.3, 0.4) is 0 Å². The lowest BCUT2D eigenvalue weighted by molar-refractivity contribution is -0.140. The number of carboxylic acids is 1. The fourth-order valence-electron chi connectivity index (χ4n) is 1.20. The molecule has 1 saturated heterocycles. The van der Waals surface area contributed by atoms with Crippen LogP contribution in [0.4, 0.5) is 4.79 Å². The Labute approximate surface area is 111 Å². The Morgan fingerprint density at radius 3 is 2.72 bits per heavy atom. The van der Waals surface area contributed by atoms with Gasteiger partial charge in [-0.3, -0.25) is 14.4 Å². The van der Waals surface area contributed by atoms with Crippen LogP contribution >= 0.6 is 23.5 Å². The maximum atomic E-state index is 11.6. The molecule has 7 nitrogen and oxygen atoms in total.